The Morgan fingerprint density at radius 2 is 2.36 bits per heavy atom. The lowest BCUT2D eigenvalue weighted by Crippen LogP contribution is -2.11. The normalized spacial score (nSPS) is 10.4. The van der Waals surface area contributed by atoms with E-state index in [1.165, 1.54) is 0 Å². The van der Waals surface area contributed by atoms with Crippen molar-refractivity contribution in [2.75, 3.05) is 11.5 Å². The molecule has 1 heterocycles. The fraction of sp³-hybridized carbons (Fsp3) is 0.600. The summed E-state index contributed by atoms with van der Waals surface area (Å²) >= 11 is 1.69. The molecule has 0 aromatic carbocycles. The molecule has 0 aliphatic carbocycles. The first-order chi connectivity index (χ1) is 6.79. The Morgan fingerprint density at radius 1 is 1.57 bits per heavy atom. The monoisotopic (exact) mass is 212 g/mol. The van der Waals surface area contributed by atoms with Crippen LogP contribution in [0.25, 0.3) is 0 Å². The molecule has 0 unspecified atom stereocenters. The van der Waals surface area contributed by atoms with Crippen LogP contribution in [0.1, 0.15) is 30.8 Å². The molecule has 0 atom stereocenters. The number of ketones is 1. The number of Topliss-reactive ketones (excluding diaryl/α,β-unsaturated/α-hetero) is 1. The van der Waals surface area contributed by atoms with E-state index in [1.54, 1.807) is 28.7 Å². The average Bonchev–Trinajstić information content (AvgIpc) is 2.65. The van der Waals surface area contributed by atoms with E-state index in [2.05, 4.69) is 12.0 Å². The second kappa shape index (κ2) is 5.86. The van der Waals surface area contributed by atoms with Crippen LogP contribution >= 0.6 is 11.8 Å². The van der Waals surface area contributed by atoms with Crippen LogP contribution in [-0.2, 0) is 6.54 Å². The summed E-state index contributed by atoms with van der Waals surface area (Å²) in [5, 5.41) is 4.07. The second-order valence-electron chi connectivity index (χ2n) is 3.01. The lowest BCUT2D eigenvalue weighted by molar-refractivity contribution is 0.101. The van der Waals surface area contributed by atoms with Gasteiger partial charge in [-0.15, -0.1) is 0 Å². The van der Waals surface area contributed by atoms with Crippen molar-refractivity contribution >= 4 is 17.5 Å². The van der Waals surface area contributed by atoms with Gasteiger partial charge in [-0.2, -0.15) is 16.9 Å². The molecule has 0 fully saturated rings. The van der Waals surface area contributed by atoms with Crippen molar-refractivity contribution in [1.29, 1.82) is 0 Å². The molecule has 1 rings (SSSR count). The van der Waals surface area contributed by atoms with E-state index in [1.807, 2.05) is 6.92 Å². The van der Waals surface area contributed by atoms with Crippen LogP contribution < -0.4 is 0 Å². The maximum absolute atomic E-state index is 11.7. The van der Waals surface area contributed by atoms with Crippen LogP contribution in [0.4, 0.5) is 0 Å². The number of carbonyl (C=O) groups excluding carboxylic acids is 1. The van der Waals surface area contributed by atoms with Gasteiger partial charge in [0.2, 0.25) is 0 Å². The minimum Gasteiger partial charge on any atom is -0.292 e. The highest BCUT2D eigenvalue weighted by Crippen LogP contribution is 2.08. The van der Waals surface area contributed by atoms with Crippen molar-refractivity contribution < 1.29 is 4.79 Å². The minimum atomic E-state index is 0.183. The van der Waals surface area contributed by atoms with Crippen LogP contribution in [0, 0.1) is 0 Å². The van der Waals surface area contributed by atoms with E-state index in [-0.39, 0.29) is 5.78 Å². The van der Waals surface area contributed by atoms with Crippen LogP contribution in [-0.4, -0.2) is 27.1 Å². The number of rotatable bonds is 6. The summed E-state index contributed by atoms with van der Waals surface area (Å²) in [6.45, 7) is 4.86. The number of hydrogen-bond donors (Lipinski definition) is 0. The maximum Gasteiger partial charge on any atom is 0.190 e. The molecule has 0 saturated carbocycles. The highest BCUT2D eigenvalue weighted by Gasteiger charge is 2.10. The molecule has 14 heavy (non-hydrogen) atoms. The van der Waals surface area contributed by atoms with Crippen LogP contribution in [0.15, 0.2) is 12.3 Å². The Morgan fingerprint density at radius 3 is 3.00 bits per heavy atom. The molecule has 0 radical (unpaired) electrons. The maximum atomic E-state index is 11.7. The summed E-state index contributed by atoms with van der Waals surface area (Å²) in [4.78, 5) is 11.7. The molecule has 0 saturated heterocycles. The predicted octanol–water partition coefficient (Wildman–Crippen LogP) is 2.23. The highest BCUT2D eigenvalue weighted by molar-refractivity contribution is 7.99. The van der Waals surface area contributed by atoms with Gasteiger partial charge in [-0.25, -0.2) is 0 Å². The minimum absolute atomic E-state index is 0.183. The third-order valence-corrected chi connectivity index (χ3v) is 3.05. The summed E-state index contributed by atoms with van der Waals surface area (Å²) in [6.07, 6.45) is 2.80. The highest BCUT2D eigenvalue weighted by atomic mass is 32.2. The topological polar surface area (TPSA) is 34.9 Å². The lowest BCUT2D eigenvalue weighted by Gasteiger charge is -2.02. The third kappa shape index (κ3) is 2.87. The Labute approximate surface area is 88.9 Å². The van der Waals surface area contributed by atoms with Gasteiger partial charge in [0.15, 0.2) is 5.78 Å². The average molecular weight is 212 g/mol. The summed E-state index contributed by atoms with van der Waals surface area (Å²) in [5.41, 5.74) is 0.733. The zero-order valence-corrected chi connectivity index (χ0v) is 9.51. The predicted molar refractivity (Wildman–Crippen MR) is 59.8 cm³/mol. The van der Waals surface area contributed by atoms with Crippen molar-refractivity contribution in [3.05, 3.63) is 18.0 Å². The van der Waals surface area contributed by atoms with Crippen molar-refractivity contribution in [2.45, 2.75) is 26.8 Å². The van der Waals surface area contributed by atoms with Crippen LogP contribution in [0.2, 0.25) is 0 Å². The number of hydrogen-bond acceptors (Lipinski definition) is 3. The van der Waals surface area contributed by atoms with Crippen molar-refractivity contribution in [2.24, 2.45) is 0 Å². The first-order valence-corrected chi connectivity index (χ1v) is 6.07. The van der Waals surface area contributed by atoms with E-state index >= 15 is 0 Å². The molecule has 3 nitrogen and oxygen atoms in total. The lowest BCUT2D eigenvalue weighted by atomic mass is 10.3. The smallest absolute Gasteiger partial charge is 0.190 e. The van der Waals surface area contributed by atoms with E-state index in [0.717, 1.165) is 24.4 Å². The second-order valence-corrected chi connectivity index (χ2v) is 4.11. The fourth-order valence-electron chi connectivity index (χ4n) is 1.20. The molecule has 0 bridgehead atoms. The number of aromatic nitrogens is 2. The van der Waals surface area contributed by atoms with E-state index in [9.17, 15) is 4.79 Å². The van der Waals surface area contributed by atoms with Gasteiger partial charge >= 0.3 is 0 Å². The molecule has 0 aliphatic rings. The summed E-state index contributed by atoms with van der Waals surface area (Å²) in [5.74, 6) is 1.80. The first kappa shape index (κ1) is 11.3. The molecule has 0 N–H and O–H groups in total. The number of aryl methyl sites for hydroxylation is 1. The van der Waals surface area contributed by atoms with Gasteiger partial charge in [-0.1, -0.05) is 6.92 Å². The van der Waals surface area contributed by atoms with E-state index in [0.29, 0.717) is 5.75 Å². The van der Waals surface area contributed by atoms with Crippen molar-refractivity contribution in [3.8, 4) is 0 Å². The van der Waals surface area contributed by atoms with Crippen LogP contribution in [0.5, 0.6) is 0 Å². The van der Waals surface area contributed by atoms with Gasteiger partial charge in [0, 0.05) is 12.7 Å². The molecule has 0 spiro atoms. The Kier molecular flexibility index (Phi) is 4.73. The van der Waals surface area contributed by atoms with Gasteiger partial charge in [0.05, 0.1) is 5.75 Å². The number of thioether (sulfide) groups is 1. The Bertz CT molecular complexity index is 296. The molecule has 0 aliphatic heterocycles. The van der Waals surface area contributed by atoms with E-state index in [4.69, 9.17) is 0 Å². The molecule has 1 aromatic rings. The largest absolute Gasteiger partial charge is 0.292 e. The first-order valence-electron chi connectivity index (χ1n) is 4.92. The van der Waals surface area contributed by atoms with Crippen molar-refractivity contribution in [1.82, 2.24) is 9.78 Å². The molecule has 0 amide bonds. The molecule has 4 heteroatoms. The quantitative estimate of drug-likeness (QED) is 0.536. The Hall–Kier alpha value is -0.770. The van der Waals surface area contributed by atoms with Gasteiger partial charge in [0.25, 0.3) is 0 Å². The standard InChI is InChI=1S/C10H16N2OS/c1-3-7-14-8-10(13)9-5-6-11-12(9)4-2/h5-6H,3-4,7-8H2,1-2H3. The fourth-order valence-corrected chi connectivity index (χ4v) is 1.97. The molecule has 78 valence electrons. The molecular weight excluding hydrogens is 196 g/mol. The Balaban J connectivity index is 2.51. The number of nitrogens with zero attached hydrogens (tertiary/aromatic N) is 2. The summed E-state index contributed by atoms with van der Waals surface area (Å²) in [7, 11) is 0. The van der Waals surface area contributed by atoms with Crippen molar-refractivity contribution in [3.63, 3.8) is 0 Å². The molecular formula is C10H16N2OS. The van der Waals surface area contributed by atoms with Gasteiger partial charge in [-0.3, -0.25) is 9.48 Å². The van der Waals surface area contributed by atoms with Gasteiger partial charge in [0.1, 0.15) is 5.69 Å². The number of carbonyl (C=O) groups is 1. The van der Waals surface area contributed by atoms with Gasteiger partial charge < -0.3 is 0 Å². The van der Waals surface area contributed by atoms with Crippen LogP contribution in [0.3, 0.4) is 0 Å². The SMILES string of the molecule is CCCSCC(=O)c1ccnn1CC. The molecule has 1 aromatic heterocycles. The summed E-state index contributed by atoms with van der Waals surface area (Å²) in [6, 6.07) is 1.79. The van der Waals surface area contributed by atoms with E-state index < -0.39 is 0 Å². The zero-order chi connectivity index (χ0) is 10.4. The third-order valence-electron chi connectivity index (χ3n) is 1.88. The van der Waals surface area contributed by atoms with Gasteiger partial charge in [-0.05, 0) is 25.2 Å². The summed E-state index contributed by atoms with van der Waals surface area (Å²) < 4.78 is 1.74. The zero-order valence-electron chi connectivity index (χ0n) is 8.69.